The second-order valence-corrected chi connectivity index (χ2v) is 3.57. The predicted molar refractivity (Wildman–Crippen MR) is 59.2 cm³/mol. The highest BCUT2D eigenvalue weighted by Crippen LogP contribution is 2.35. The second kappa shape index (κ2) is 2.91. The van der Waals surface area contributed by atoms with Crippen LogP contribution in [0.5, 0.6) is 0 Å². The zero-order chi connectivity index (χ0) is 10.3. The summed E-state index contributed by atoms with van der Waals surface area (Å²) in [5.74, 6) is 0.256. The van der Waals surface area contributed by atoms with E-state index >= 15 is 0 Å². The van der Waals surface area contributed by atoms with Gasteiger partial charge in [0.05, 0.1) is 5.70 Å². The highest BCUT2D eigenvalue weighted by molar-refractivity contribution is 5.89. The summed E-state index contributed by atoms with van der Waals surface area (Å²) in [6, 6.07) is 5.99. The molecule has 1 aromatic rings. The van der Waals surface area contributed by atoms with Crippen LogP contribution in [0.3, 0.4) is 0 Å². The first-order chi connectivity index (χ1) is 6.61. The summed E-state index contributed by atoms with van der Waals surface area (Å²) in [5.41, 5.74) is 4.61. The predicted octanol–water partition coefficient (Wildman–Crippen LogP) is 3.22. The fourth-order valence-electron chi connectivity index (χ4n) is 1.78. The zero-order valence-electron chi connectivity index (χ0n) is 8.39. The van der Waals surface area contributed by atoms with Crippen molar-refractivity contribution >= 4 is 11.3 Å². The van der Waals surface area contributed by atoms with Crippen LogP contribution >= 0.6 is 0 Å². The van der Waals surface area contributed by atoms with Crippen LogP contribution in [0.15, 0.2) is 36.2 Å². The van der Waals surface area contributed by atoms with E-state index in [9.17, 15) is 5.11 Å². The van der Waals surface area contributed by atoms with Crippen molar-refractivity contribution in [1.82, 2.24) is 0 Å². The summed E-state index contributed by atoms with van der Waals surface area (Å²) in [5, 5.41) is 12.9. The Labute approximate surface area is 83.6 Å². The summed E-state index contributed by atoms with van der Waals surface area (Å²) < 4.78 is 0. The molecule has 1 aliphatic rings. The molecule has 14 heavy (non-hydrogen) atoms. The summed E-state index contributed by atoms with van der Waals surface area (Å²) in [4.78, 5) is 0. The van der Waals surface area contributed by atoms with Gasteiger partial charge in [0.2, 0.25) is 0 Å². The third kappa shape index (κ3) is 1.11. The van der Waals surface area contributed by atoms with Gasteiger partial charge < -0.3 is 10.4 Å². The maximum Gasteiger partial charge on any atom is 0.141 e. The molecule has 0 unspecified atom stereocenters. The standard InChI is InChI=1S/C12H13NO/c1-7-5-4-6-10-11(7)8(2)12(14)9(3)13-10/h4-6,13-14H,2H2,1,3H3. The molecule has 2 rings (SSSR count). The van der Waals surface area contributed by atoms with Gasteiger partial charge in [-0.05, 0) is 25.5 Å². The molecule has 0 atom stereocenters. The average Bonchev–Trinajstić information content (AvgIpc) is 2.14. The van der Waals surface area contributed by atoms with E-state index in [4.69, 9.17) is 0 Å². The lowest BCUT2D eigenvalue weighted by atomic mass is 9.95. The smallest absolute Gasteiger partial charge is 0.141 e. The number of hydrogen-bond donors (Lipinski definition) is 2. The molecule has 0 saturated heterocycles. The van der Waals surface area contributed by atoms with Crippen LogP contribution < -0.4 is 5.32 Å². The maximum absolute atomic E-state index is 9.74. The molecule has 0 aliphatic carbocycles. The molecule has 72 valence electrons. The van der Waals surface area contributed by atoms with Crippen molar-refractivity contribution in [1.29, 1.82) is 0 Å². The molecular formula is C12H13NO. The molecule has 2 nitrogen and oxygen atoms in total. The van der Waals surface area contributed by atoms with Crippen LogP contribution in [0.2, 0.25) is 0 Å². The number of hydrogen-bond acceptors (Lipinski definition) is 2. The number of fused-ring (bicyclic) bond motifs is 1. The van der Waals surface area contributed by atoms with Crippen LogP contribution in [-0.4, -0.2) is 5.11 Å². The lowest BCUT2D eigenvalue weighted by Crippen LogP contribution is -2.10. The quantitative estimate of drug-likeness (QED) is 0.653. The van der Waals surface area contributed by atoms with Crippen molar-refractivity contribution in [2.24, 2.45) is 0 Å². The minimum atomic E-state index is 0.256. The Bertz CT molecular complexity index is 444. The van der Waals surface area contributed by atoms with Crippen molar-refractivity contribution < 1.29 is 5.11 Å². The third-order valence-electron chi connectivity index (χ3n) is 2.54. The molecule has 1 aliphatic heterocycles. The van der Waals surface area contributed by atoms with E-state index in [2.05, 4.69) is 11.9 Å². The van der Waals surface area contributed by atoms with Gasteiger partial charge in [-0.3, -0.25) is 0 Å². The van der Waals surface area contributed by atoms with Gasteiger partial charge in [0.1, 0.15) is 5.76 Å². The number of benzene rings is 1. The summed E-state index contributed by atoms with van der Waals surface area (Å²) in [6.45, 7) is 7.75. The van der Waals surface area contributed by atoms with Crippen LogP contribution in [0.4, 0.5) is 5.69 Å². The minimum Gasteiger partial charge on any atom is -0.506 e. The molecule has 0 saturated carbocycles. The van der Waals surface area contributed by atoms with Crippen molar-refractivity contribution in [3.8, 4) is 0 Å². The first kappa shape index (κ1) is 8.88. The number of aliphatic hydroxyl groups is 1. The minimum absolute atomic E-state index is 0.256. The Balaban J connectivity index is 2.66. The number of aryl methyl sites for hydroxylation is 1. The zero-order valence-corrected chi connectivity index (χ0v) is 8.39. The Hall–Kier alpha value is -1.70. The van der Waals surface area contributed by atoms with Gasteiger partial charge in [-0.1, -0.05) is 18.7 Å². The molecule has 2 heteroatoms. The lowest BCUT2D eigenvalue weighted by molar-refractivity contribution is 0.431. The number of nitrogens with one attached hydrogen (secondary N) is 1. The van der Waals surface area contributed by atoms with Gasteiger partial charge in [0, 0.05) is 16.8 Å². The highest BCUT2D eigenvalue weighted by Gasteiger charge is 2.19. The molecule has 1 heterocycles. The maximum atomic E-state index is 9.74. The second-order valence-electron chi connectivity index (χ2n) is 3.57. The van der Waals surface area contributed by atoms with E-state index in [1.54, 1.807) is 0 Å². The Morgan fingerprint density at radius 2 is 2.00 bits per heavy atom. The van der Waals surface area contributed by atoms with Crippen LogP contribution in [-0.2, 0) is 0 Å². The third-order valence-corrected chi connectivity index (χ3v) is 2.54. The van der Waals surface area contributed by atoms with E-state index < -0.39 is 0 Å². The SMILES string of the molecule is C=C1C(O)=C(C)Nc2cccc(C)c21. The van der Waals surface area contributed by atoms with Crippen molar-refractivity contribution in [2.45, 2.75) is 13.8 Å². The molecule has 0 fully saturated rings. The van der Waals surface area contributed by atoms with E-state index in [0.717, 1.165) is 22.5 Å². The van der Waals surface area contributed by atoms with E-state index in [0.29, 0.717) is 5.57 Å². The molecule has 2 N–H and O–H groups in total. The fourth-order valence-corrected chi connectivity index (χ4v) is 1.78. The van der Waals surface area contributed by atoms with Crippen molar-refractivity contribution in [2.75, 3.05) is 5.32 Å². The summed E-state index contributed by atoms with van der Waals surface area (Å²) >= 11 is 0. The van der Waals surface area contributed by atoms with Crippen molar-refractivity contribution in [3.05, 3.63) is 47.4 Å². The number of rotatable bonds is 0. The first-order valence-electron chi connectivity index (χ1n) is 4.57. The number of allylic oxidation sites excluding steroid dienone is 2. The molecular weight excluding hydrogens is 174 g/mol. The monoisotopic (exact) mass is 187 g/mol. The van der Waals surface area contributed by atoms with Crippen LogP contribution in [0.1, 0.15) is 18.1 Å². The molecule has 0 amide bonds. The van der Waals surface area contributed by atoms with Gasteiger partial charge in [-0.25, -0.2) is 0 Å². The Morgan fingerprint density at radius 1 is 1.29 bits per heavy atom. The van der Waals surface area contributed by atoms with Gasteiger partial charge in [-0.2, -0.15) is 0 Å². The van der Waals surface area contributed by atoms with Gasteiger partial charge in [-0.15, -0.1) is 0 Å². The van der Waals surface area contributed by atoms with E-state index in [1.165, 1.54) is 0 Å². The molecule has 0 spiro atoms. The van der Waals surface area contributed by atoms with E-state index in [1.807, 2.05) is 32.0 Å². The fraction of sp³-hybridized carbons (Fsp3) is 0.167. The molecule has 0 aromatic heterocycles. The van der Waals surface area contributed by atoms with Gasteiger partial charge in [0.15, 0.2) is 0 Å². The summed E-state index contributed by atoms with van der Waals surface area (Å²) in [7, 11) is 0. The Morgan fingerprint density at radius 3 is 2.71 bits per heavy atom. The topological polar surface area (TPSA) is 32.3 Å². The highest BCUT2D eigenvalue weighted by atomic mass is 16.3. The number of anilines is 1. The molecule has 0 bridgehead atoms. The largest absolute Gasteiger partial charge is 0.506 e. The lowest BCUT2D eigenvalue weighted by Gasteiger charge is -2.22. The average molecular weight is 187 g/mol. The molecule has 0 radical (unpaired) electrons. The summed E-state index contributed by atoms with van der Waals surface area (Å²) in [6.07, 6.45) is 0. The first-order valence-corrected chi connectivity index (χ1v) is 4.57. The van der Waals surface area contributed by atoms with Crippen LogP contribution in [0.25, 0.3) is 5.57 Å². The normalized spacial score (nSPS) is 15.1. The van der Waals surface area contributed by atoms with Gasteiger partial charge in [0.25, 0.3) is 0 Å². The number of aliphatic hydroxyl groups excluding tert-OH is 1. The van der Waals surface area contributed by atoms with Crippen molar-refractivity contribution in [3.63, 3.8) is 0 Å². The molecule has 1 aromatic carbocycles. The Kier molecular flexibility index (Phi) is 1.84. The van der Waals surface area contributed by atoms with E-state index in [-0.39, 0.29) is 5.76 Å². The van der Waals surface area contributed by atoms with Gasteiger partial charge >= 0.3 is 0 Å². The van der Waals surface area contributed by atoms with Crippen LogP contribution in [0, 0.1) is 6.92 Å².